The quantitative estimate of drug-likeness (QED) is 0.598. The van der Waals surface area contributed by atoms with Crippen molar-refractivity contribution >= 4 is 46.3 Å². The Bertz CT molecular complexity index is 875. The lowest BCUT2D eigenvalue weighted by atomic mass is 10.2. The minimum Gasteiger partial charge on any atom is -0.479 e. The van der Waals surface area contributed by atoms with Crippen LogP contribution in [0.15, 0.2) is 52.0 Å². The number of carboxylic acid groups (broad SMARTS) is 1. The summed E-state index contributed by atoms with van der Waals surface area (Å²) in [5.41, 5.74) is 0.721. The molecule has 0 saturated carbocycles. The van der Waals surface area contributed by atoms with Crippen LogP contribution in [-0.4, -0.2) is 32.3 Å². The second kappa shape index (κ2) is 7.76. The van der Waals surface area contributed by atoms with E-state index in [0.29, 0.717) is 20.7 Å². The van der Waals surface area contributed by atoms with Crippen LogP contribution in [-0.2, 0) is 16.1 Å². The van der Waals surface area contributed by atoms with Crippen LogP contribution in [0.25, 0.3) is 6.08 Å². The Labute approximate surface area is 159 Å². The highest BCUT2D eigenvalue weighted by Gasteiger charge is 2.32. The average molecular weight is 389 g/mol. The van der Waals surface area contributed by atoms with Crippen LogP contribution in [0.1, 0.15) is 18.2 Å². The first kappa shape index (κ1) is 18.2. The monoisotopic (exact) mass is 389 g/mol. The third kappa shape index (κ3) is 4.14. The second-order valence-electron chi connectivity index (χ2n) is 5.52. The van der Waals surface area contributed by atoms with Crippen molar-refractivity contribution in [3.05, 3.63) is 58.9 Å². The lowest BCUT2D eigenvalue weighted by Gasteiger charge is -2.12. The van der Waals surface area contributed by atoms with Crippen LogP contribution in [0, 0.1) is 0 Å². The summed E-state index contributed by atoms with van der Waals surface area (Å²) in [6.07, 6.45) is 2.29. The van der Waals surface area contributed by atoms with E-state index in [1.165, 1.54) is 23.6 Å². The Balaban J connectivity index is 1.76. The molecular formula is C18H15NO5S2. The maximum atomic E-state index is 12.6. The van der Waals surface area contributed by atoms with E-state index in [1.807, 2.05) is 0 Å². The number of ether oxygens (including phenoxy) is 1. The summed E-state index contributed by atoms with van der Waals surface area (Å²) in [4.78, 5) is 25.5. The van der Waals surface area contributed by atoms with Gasteiger partial charge >= 0.3 is 5.97 Å². The Hall–Kier alpha value is -2.58. The molecule has 0 aliphatic carbocycles. The van der Waals surface area contributed by atoms with Crippen LogP contribution < -0.4 is 4.74 Å². The van der Waals surface area contributed by atoms with Crippen molar-refractivity contribution in [1.82, 2.24) is 4.90 Å². The number of carbonyl (C=O) groups is 2. The molecule has 1 unspecified atom stereocenters. The predicted molar refractivity (Wildman–Crippen MR) is 102 cm³/mol. The van der Waals surface area contributed by atoms with Gasteiger partial charge in [-0.25, -0.2) is 4.79 Å². The number of rotatable bonds is 6. The summed E-state index contributed by atoms with van der Waals surface area (Å²) in [6.45, 7) is 1.74. The number of hydrogen-bond donors (Lipinski definition) is 1. The molecule has 134 valence electrons. The first-order chi connectivity index (χ1) is 12.4. The molecule has 26 heavy (non-hydrogen) atoms. The minimum atomic E-state index is -1.05. The summed E-state index contributed by atoms with van der Waals surface area (Å²) < 4.78 is 11.1. The number of thioether (sulfide) groups is 1. The molecule has 1 aromatic heterocycles. The summed E-state index contributed by atoms with van der Waals surface area (Å²) in [6, 6.07) is 10.4. The zero-order chi connectivity index (χ0) is 18.7. The Morgan fingerprint density at radius 3 is 2.92 bits per heavy atom. The molecule has 1 amide bonds. The van der Waals surface area contributed by atoms with Crippen molar-refractivity contribution in [1.29, 1.82) is 0 Å². The zero-order valence-electron chi connectivity index (χ0n) is 13.7. The molecule has 1 aliphatic rings. The molecule has 2 heterocycles. The van der Waals surface area contributed by atoms with E-state index in [2.05, 4.69) is 0 Å². The van der Waals surface area contributed by atoms with Gasteiger partial charge in [0.2, 0.25) is 0 Å². The molecule has 6 nitrogen and oxygen atoms in total. The molecule has 1 aliphatic heterocycles. The highest BCUT2D eigenvalue weighted by atomic mass is 32.2. The molecule has 1 saturated heterocycles. The molecule has 1 aromatic carbocycles. The molecule has 2 aromatic rings. The van der Waals surface area contributed by atoms with E-state index in [1.54, 1.807) is 48.7 Å². The van der Waals surface area contributed by atoms with E-state index >= 15 is 0 Å². The van der Waals surface area contributed by atoms with Crippen LogP contribution in [0.3, 0.4) is 0 Å². The van der Waals surface area contributed by atoms with Gasteiger partial charge in [0, 0.05) is 0 Å². The SMILES string of the molecule is CC(Oc1cccc(/C=C2/SC(=S)N(Cc3ccco3)C2=O)c1)C(=O)O. The Morgan fingerprint density at radius 2 is 2.23 bits per heavy atom. The van der Waals surface area contributed by atoms with Gasteiger partial charge in [-0.05, 0) is 42.8 Å². The summed E-state index contributed by atoms with van der Waals surface area (Å²) in [7, 11) is 0. The van der Waals surface area contributed by atoms with Crippen molar-refractivity contribution in [3.63, 3.8) is 0 Å². The normalized spacial score (nSPS) is 17.0. The van der Waals surface area contributed by atoms with Crippen molar-refractivity contribution in [2.45, 2.75) is 19.6 Å². The van der Waals surface area contributed by atoms with Crippen molar-refractivity contribution in [2.75, 3.05) is 0 Å². The maximum absolute atomic E-state index is 12.6. The number of hydrogen-bond acceptors (Lipinski definition) is 6. The zero-order valence-corrected chi connectivity index (χ0v) is 15.4. The van der Waals surface area contributed by atoms with Gasteiger partial charge in [-0.15, -0.1) is 0 Å². The number of furan rings is 1. The Kier molecular flexibility index (Phi) is 5.43. The van der Waals surface area contributed by atoms with Gasteiger partial charge in [-0.3, -0.25) is 9.69 Å². The number of aliphatic carboxylic acids is 1. The number of carboxylic acids is 1. The fourth-order valence-corrected chi connectivity index (χ4v) is 3.53. The van der Waals surface area contributed by atoms with E-state index in [9.17, 15) is 9.59 Å². The van der Waals surface area contributed by atoms with Gasteiger partial charge < -0.3 is 14.3 Å². The average Bonchev–Trinajstić information content (AvgIpc) is 3.19. The molecule has 0 spiro atoms. The van der Waals surface area contributed by atoms with Crippen molar-refractivity contribution in [3.8, 4) is 5.75 Å². The van der Waals surface area contributed by atoms with Crippen LogP contribution >= 0.6 is 24.0 Å². The summed E-state index contributed by atoms with van der Waals surface area (Å²) in [5.74, 6) is -0.170. The number of thiocarbonyl (C=S) groups is 1. The topological polar surface area (TPSA) is 80.0 Å². The van der Waals surface area contributed by atoms with Crippen LogP contribution in [0.5, 0.6) is 5.75 Å². The number of benzene rings is 1. The molecule has 8 heteroatoms. The molecule has 1 atom stereocenters. The first-order valence-corrected chi connectivity index (χ1v) is 8.94. The third-order valence-corrected chi connectivity index (χ3v) is 4.96. The van der Waals surface area contributed by atoms with Gasteiger partial charge in [0.1, 0.15) is 15.8 Å². The maximum Gasteiger partial charge on any atom is 0.344 e. The highest BCUT2D eigenvalue weighted by molar-refractivity contribution is 8.26. The van der Waals surface area contributed by atoms with Gasteiger partial charge in [-0.1, -0.05) is 36.1 Å². The molecule has 3 rings (SSSR count). The fraction of sp³-hybridized carbons (Fsp3) is 0.167. The minimum absolute atomic E-state index is 0.193. The fourth-order valence-electron chi connectivity index (χ4n) is 2.28. The van der Waals surface area contributed by atoms with Gasteiger partial charge in [0.15, 0.2) is 6.10 Å². The lowest BCUT2D eigenvalue weighted by molar-refractivity contribution is -0.144. The molecule has 0 radical (unpaired) electrons. The highest BCUT2D eigenvalue weighted by Crippen LogP contribution is 2.34. The van der Waals surface area contributed by atoms with E-state index in [0.717, 1.165) is 5.56 Å². The van der Waals surface area contributed by atoms with E-state index in [-0.39, 0.29) is 12.5 Å². The molecule has 1 fully saturated rings. The molecule has 0 bridgehead atoms. The molecular weight excluding hydrogens is 374 g/mol. The van der Waals surface area contributed by atoms with Gasteiger partial charge in [0.05, 0.1) is 17.7 Å². The Morgan fingerprint density at radius 1 is 1.42 bits per heavy atom. The van der Waals surface area contributed by atoms with Gasteiger partial charge in [-0.2, -0.15) is 0 Å². The predicted octanol–water partition coefficient (Wildman–Crippen LogP) is 3.53. The van der Waals surface area contributed by atoms with Crippen LogP contribution in [0.4, 0.5) is 0 Å². The second-order valence-corrected chi connectivity index (χ2v) is 7.19. The van der Waals surface area contributed by atoms with Crippen LogP contribution in [0.2, 0.25) is 0 Å². The standard InChI is InChI=1S/C18H15NO5S2/c1-11(17(21)22)24-13-5-2-4-12(8-13)9-15-16(20)19(18(25)26-15)10-14-6-3-7-23-14/h2-9,11H,10H2,1H3,(H,21,22)/b15-9+. The number of carbonyl (C=O) groups excluding carboxylic acids is 1. The van der Waals surface area contributed by atoms with Gasteiger partial charge in [0.25, 0.3) is 5.91 Å². The summed E-state index contributed by atoms with van der Waals surface area (Å²) in [5, 5.41) is 8.93. The van der Waals surface area contributed by atoms with Crippen molar-refractivity contribution < 1.29 is 23.8 Å². The number of nitrogens with zero attached hydrogens (tertiary/aromatic N) is 1. The largest absolute Gasteiger partial charge is 0.479 e. The third-order valence-electron chi connectivity index (χ3n) is 3.58. The molecule has 1 N–H and O–H groups in total. The lowest BCUT2D eigenvalue weighted by Crippen LogP contribution is -2.27. The van der Waals surface area contributed by atoms with E-state index < -0.39 is 12.1 Å². The van der Waals surface area contributed by atoms with Crippen molar-refractivity contribution in [2.24, 2.45) is 0 Å². The first-order valence-electron chi connectivity index (χ1n) is 7.71. The summed E-state index contributed by atoms with van der Waals surface area (Å²) >= 11 is 6.51. The smallest absolute Gasteiger partial charge is 0.344 e. The number of amides is 1. The van der Waals surface area contributed by atoms with E-state index in [4.69, 9.17) is 26.5 Å².